The molecule has 0 saturated heterocycles. The van der Waals surface area contributed by atoms with Gasteiger partial charge in [-0.05, 0) is 66.9 Å². The van der Waals surface area contributed by atoms with E-state index in [1.807, 2.05) is 6.92 Å². The largest absolute Gasteiger partial charge is 0.493 e. The third kappa shape index (κ3) is 7.75. The number of anilines is 1. The van der Waals surface area contributed by atoms with Crippen LogP contribution in [0.4, 0.5) is 14.5 Å². The quantitative estimate of drug-likeness (QED) is 0.291. The number of carbonyl (C=O) groups is 2. The summed E-state index contributed by atoms with van der Waals surface area (Å²) in [6, 6.07) is 13.2. The summed E-state index contributed by atoms with van der Waals surface area (Å²) < 4.78 is 66.7. The van der Waals surface area contributed by atoms with Crippen molar-refractivity contribution in [2.75, 3.05) is 31.6 Å². The second kappa shape index (κ2) is 14.6. The van der Waals surface area contributed by atoms with Crippen molar-refractivity contribution >= 4 is 27.5 Å². The maximum absolute atomic E-state index is 14.0. The van der Waals surface area contributed by atoms with Crippen molar-refractivity contribution in [3.8, 4) is 11.5 Å². The molecule has 3 aromatic carbocycles. The van der Waals surface area contributed by atoms with Gasteiger partial charge in [0, 0.05) is 19.2 Å². The van der Waals surface area contributed by atoms with Gasteiger partial charge in [-0.25, -0.2) is 17.2 Å². The molecule has 1 atom stereocenters. The molecule has 0 aliphatic heterocycles. The normalized spacial score (nSPS) is 11.9. The third-order valence-corrected chi connectivity index (χ3v) is 8.31. The molecule has 0 spiro atoms. The topological polar surface area (TPSA) is 105 Å². The summed E-state index contributed by atoms with van der Waals surface area (Å²) in [5.74, 6) is -1.69. The summed E-state index contributed by atoms with van der Waals surface area (Å²) in [6.07, 6.45) is 0.914. The van der Waals surface area contributed by atoms with Crippen LogP contribution in [0.1, 0.15) is 32.3 Å². The van der Waals surface area contributed by atoms with Crippen molar-refractivity contribution in [1.82, 2.24) is 10.2 Å². The molecule has 0 radical (unpaired) electrons. The Bertz CT molecular complexity index is 1470. The highest BCUT2D eigenvalue weighted by molar-refractivity contribution is 7.92. The highest BCUT2D eigenvalue weighted by Gasteiger charge is 2.34. The molecule has 0 aromatic heterocycles. The highest BCUT2D eigenvalue weighted by atomic mass is 32.2. The van der Waals surface area contributed by atoms with Crippen LogP contribution in [0, 0.1) is 11.6 Å². The number of carbonyl (C=O) groups excluding carboxylic acids is 2. The van der Waals surface area contributed by atoms with Crippen LogP contribution in [0.25, 0.3) is 0 Å². The lowest BCUT2D eigenvalue weighted by Gasteiger charge is -2.33. The second-order valence-electron chi connectivity index (χ2n) is 9.37. The van der Waals surface area contributed by atoms with Gasteiger partial charge in [0.25, 0.3) is 10.0 Å². The fourth-order valence-electron chi connectivity index (χ4n) is 4.31. The van der Waals surface area contributed by atoms with Gasteiger partial charge in [-0.15, -0.1) is 0 Å². The lowest BCUT2D eigenvalue weighted by Crippen LogP contribution is -2.52. The van der Waals surface area contributed by atoms with Crippen molar-refractivity contribution in [2.45, 2.75) is 44.2 Å². The molecule has 3 aromatic rings. The first kappa shape index (κ1) is 32.3. The predicted octanol–water partition coefficient (Wildman–Crippen LogP) is 4.51. The maximum atomic E-state index is 14.0. The molecular weight excluding hydrogens is 568 g/mol. The van der Waals surface area contributed by atoms with E-state index in [4.69, 9.17) is 9.47 Å². The van der Waals surface area contributed by atoms with E-state index in [0.717, 1.165) is 16.4 Å². The molecule has 0 aliphatic rings. The Balaban J connectivity index is 2.08. The van der Waals surface area contributed by atoms with E-state index in [1.165, 1.54) is 73.7 Å². The number of nitrogens with zero attached hydrogens (tertiary/aromatic N) is 2. The Hall–Kier alpha value is -4.19. The van der Waals surface area contributed by atoms with Crippen molar-refractivity contribution in [1.29, 1.82) is 0 Å². The van der Waals surface area contributed by atoms with Gasteiger partial charge in [0.2, 0.25) is 11.8 Å². The minimum atomic E-state index is -4.42. The molecule has 0 saturated carbocycles. The number of hydrogen-bond acceptors (Lipinski definition) is 6. The summed E-state index contributed by atoms with van der Waals surface area (Å²) in [5.41, 5.74) is 0.576. The monoisotopic (exact) mass is 603 g/mol. The summed E-state index contributed by atoms with van der Waals surface area (Å²) >= 11 is 0. The first-order valence-electron chi connectivity index (χ1n) is 13.4. The number of rotatable bonds is 14. The fourth-order valence-corrected chi connectivity index (χ4v) is 5.74. The first-order chi connectivity index (χ1) is 20.0. The van der Waals surface area contributed by atoms with Gasteiger partial charge in [0.1, 0.15) is 24.2 Å². The summed E-state index contributed by atoms with van der Waals surface area (Å²) in [4.78, 5) is 28.2. The van der Waals surface area contributed by atoms with Gasteiger partial charge in [-0.3, -0.25) is 13.9 Å². The Morgan fingerprint density at radius 1 is 0.881 bits per heavy atom. The van der Waals surface area contributed by atoms with E-state index >= 15 is 0 Å². The van der Waals surface area contributed by atoms with Crippen LogP contribution in [0.15, 0.2) is 71.6 Å². The molecule has 3 rings (SSSR count). The van der Waals surface area contributed by atoms with Crippen LogP contribution in [0.3, 0.4) is 0 Å². The van der Waals surface area contributed by atoms with Gasteiger partial charge in [0.15, 0.2) is 11.5 Å². The smallest absolute Gasteiger partial charge is 0.264 e. The Labute approximate surface area is 245 Å². The van der Waals surface area contributed by atoms with E-state index in [2.05, 4.69) is 5.32 Å². The average Bonchev–Trinajstić information content (AvgIpc) is 2.99. The van der Waals surface area contributed by atoms with Crippen molar-refractivity contribution in [3.63, 3.8) is 0 Å². The number of sulfonamides is 1. The van der Waals surface area contributed by atoms with E-state index in [9.17, 15) is 26.8 Å². The van der Waals surface area contributed by atoms with Crippen LogP contribution in [-0.2, 0) is 26.2 Å². The summed E-state index contributed by atoms with van der Waals surface area (Å²) in [7, 11) is -1.65. The van der Waals surface area contributed by atoms with Gasteiger partial charge in [-0.2, -0.15) is 0 Å². The van der Waals surface area contributed by atoms with Gasteiger partial charge < -0.3 is 19.7 Å². The Morgan fingerprint density at radius 3 is 2.02 bits per heavy atom. The Morgan fingerprint density at radius 2 is 1.48 bits per heavy atom. The number of methoxy groups -OCH3 is 2. The molecule has 226 valence electrons. The summed E-state index contributed by atoms with van der Waals surface area (Å²) in [5, 5.41) is 2.79. The minimum Gasteiger partial charge on any atom is -0.493 e. The van der Waals surface area contributed by atoms with Crippen LogP contribution >= 0.6 is 0 Å². The number of ether oxygens (including phenoxy) is 2. The number of benzene rings is 3. The zero-order valence-corrected chi connectivity index (χ0v) is 24.8. The summed E-state index contributed by atoms with van der Waals surface area (Å²) in [6.45, 7) is 3.23. The lowest BCUT2D eigenvalue weighted by atomic mass is 10.1. The van der Waals surface area contributed by atoms with Crippen molar-refractivity contribution < 1.29 is 36.3 Å². The third-order valence-electron chi connectivity index (χ3n) is 6.54. The number of hydrogen-bond donors (Lipinski definition) is 1. The van der Waals surface area contributed by atoms with Crippen molar-refractivity contribution in [2.24, 2.45) is 0 Å². The SMILES string of the molecule is CCCNC(=O)[C@H](CC)N(Cc1ccc(F)cc1)C(=O)CN(c1ccc(F)cc1)S(=O)(=O)c1ccc(OC)c(OC)c1. The predicted molar refractivity (Wildman–Crippen MR) is 155 cm³/mol. The van der Waals surface area contributed by atoms with E-state index in [0.29, 0.717) is 24.3 Å². The van der Waals surface area contributed by atoms with Gasteiger partial charge in [0.05, 0.1) is 24.8 Å². The molecule has 0 heterocycles. The standard InChI is InChI=1S/C30H35F2N3O6S/c1-5-17-33-30(37)26(6-2)34(19-21-7-9-22(31)10-8-21)29(36)20-35(24-13-11-23(32)12-14-24)42(38,39)25-15-16-27(40-3)28(18-25)41-4/h7-16,18,26H,5-6,17,19-20H2,1-4H3,(H,33,37)/t26-/m0/s1. The molecule has 0 aliphatic carbocycles. The minimum absolute atomic E-state index is 0.0322. The van der Waals surface area contributed by atoms with Crippen LogP contribution in [0.5, 0.6) is 11.5 Å². The molecule has 0 fully saturated rings. The zero-order valence-electron chi connectivity index (χ0n) is 24.0. The second-order valence-corrected chi connectivity index (χ2v) is 11.2. The van der Waals surface area contributed by atoms with Gasteiger partial charge in [-0.1, -0.05) is 26.0 Å². The molecule has 0 bridgehead atoms. The zero-order chi connectivity index (χ0) is 30.9. The van der Waals surface area contributed by atoms with Crippen LogP contribution in [0.2, 0.25) is 0 Å². The molecule has 42 heavy (non-hydrogen) atoms. The lowest BCUT2D eigenvalue weighted by molar-refractivity contribution is -0.140. The number of amides is 2. The molecule has 1 N–H and O–H groups in total. The average molecular weight is 604 g/mol. The molecule has 9 nitrogen and oxygen atoms in total. The van der Waals surface area contributed by atoms with Crippen LogP contribution < -0.4 is 19.1 Å². The van der Waals surface area contributed by atoms with E-state index in [-0.39, 0.29) is 29.3 Å². The molecular formula is C30H35F2N3O6S. The number of halogens is 2. The van der Waals surface area contributed by atoms with E-state index < -0.39 is 46.1 Å². The Kier molecular flexibility index (Phi) is 11.3. The molecule has 0 unspecified atom stereocenters. The molecule has 12 heteroatoms. The van der Waals surface area contributed by atoms with Gasteiger partial charge >= 0.3 is 0 Å². The van der Waals surface area contributed by atoms with E-state index in [1.54, 1.807) is 6.92 Å². The number of nitrogens with one attached hydrogen (secondary N) is 1. The van der Waals surface area contributed by atoms with Crippen molar-refractivity contribution in [3.05, 3.63) is 83.9 Å². The fraction of sp³-hybridized carbons (Fsp3) is 0.333. The maximum Gasteiger partial charge on any atom is 0.264 e. The molecule has 2 amide bonds. The van der Waals surface area contributed by atoms with Crippen LogP contribution in [-0.4, -0.2) is 58.5 Å². The first-order valence-corrected chi connectivity index (χ1v) is 14.8. The highest BCUT2D eigenvalue weighted by Crippen LogP contribution is 2.32.